The average Bonchev–Trinajstić information content (AvgIpc) is 2.98. The van der Waals surface area contributed by atoms with Crippen molar-refractivity contribution >= 4 is 22.8 Å². The fourth-order valence-corrected chi connectivity index (χ4v) is 3.39. The van der Waals surface area contributed by atoms with Crippen molar-refractivity contribution in [3.05, 3.63) is 48.0 Å². The van der Waals surface area contributed by atoms with Crippen LogP contribution in [0.5, 0.6) is 0 Å². The molecule has 0 unspecified atom stereocenters. The number of H-pyrrole nitrogens is 1. The zero-order valence-corrected chi connectivity index (χ0v) is 13.6. The monoisotopic (exact) mass is 317 g/mol. The molecular formula is C17H18FN2OS+. The molecular weight excluding hydrogens is 299 g/mol. The lowest BCUT2D eigenvalue weighted by atomic mass is 10.0. The molecule has 3 aromatic rings. The van der Waals surface area contributed by atoms with E-state index in [2.05, 4.69) is 11.9 Å². The van der Waals surface area contributed by atoms with Crippen LogP contribution >= 0.6 is 11.8 Å². The molecule has 2 aromatic heterocycles. The second-order valence-electron chi connectivity index (χ2n) is 4.99. The highest BCUT2D eigenvalue weighted by Gasteiger charge is 2.19. The molecule has 22 heavy (non-hydrogen) atoms. The summed E-state index contributed by atoms with van der Waals surface area (Å²) in [5, 5.41) is 0.935. The van der Waals surface area contributed by atoms with Gasteiger partial charge < -0.3 is 4.84 Å². The lowest BCUT2D eigenvalue weighted by Gasteiger charge is -2.09. The van der Waals surface area contributed by atoms with Crippen LogP contribution in [0.25, 0.3) is 22.2 Å². The SMILES string of the molecule is CCSc1ccc(F)c(-c2cc(C)[n+](OC)c3[nH]ccc23)c1. The summed E-state index contributed by atoms with van der Waals surface area (Å²) >= 11 is 1.71. The first-order chi connectivity index (χ1) is 10.7. The van der Waals surface area contributed by atoms with E-state index in [1.165, 1.54) is 0 Å². The van der Waals surface area contributed by atoms with Crippen LogP contribution in [-0.2, 0) is 0 Å². The Kier molecular flexibility index (Phi) is 4.07. The lowest BCUT2D eigenvalue weighted by Crippen LogP contribution is -2.44. The number of benzene rings is 1. The van der Waals surface area contributed by atoms with Gasteiger partial charge in [-0.15, -0.1) is 11.8 Å². The van der Waals surface area contributed by atoms with Gasteiger partial charge in [-0.2, -0.15) is 0 Å². The van der Waals surface area contributed by atoms with E-state index in [1.54, 1.807) is 29.7 Å². The molecule has 0 aliphatic heterocycles. The molecule has 0 amide bonds. The highest BCUT2D eigenvalue weighted by atomic mass is 32.2. The molecule has 3 rings (SSSR count). The fourth-order valence-electron chi connectivity index (χ4n) is 2.69. The van der Waals surface area contributed by atoms with Gasteiger partial charge in [0.15, 0.2) is 0 Å². The van der Waals surface area contributed by atoms with Gasteiger partial charge in [0.2, 0.25) is 0 Å². The van der Waals surface area contributed by atoms with Gasteiger partial charge in [-0.25, -0.2) is 9.37 Å². The second kappa shape index (κ2) is 6.01. The predicted octanol–water partition coefficient (Wildman–Crippen LogP) is 3.74. The zero-order valence-electron chi connectivity index (χ0n) is 12.8. The van der Waals surface area contributed by atoms with Gasteiger partial charge in [0.25, 0.3) is 0 Å². The number of nitrogens with zero attached hydrogens (tertiary/aromatic N) is 1. The number of halogens is 1. The summed E-state index contributed by atoms with van der Waals surface area (Å²) in [6, 6.07) is 9.18. The maximum Gasteiger partial charge on any atom is 0.326 e. The van der Waals surface area contributed by atoms with Gasteiger partial charge >= 0.3 is 5.65 Å². The highest BCUT2D eigenvalue weighted by Crippen LogP contribution is 2.32. The number of nitrogens with one attached hydrogen (secondary N) is 1. The largest absolute Gasteiger partial charge is 0.339 e. The van der Waals surface area contributed by atoms with Crippen LogP contribution in [0.3, 0.4) is 0 Å². The van der Waals surface area contributed by atoms with Crippen LogP contribution in [0, 0.1) is 12.7 Å². The first-order valence-electron chi connectivity index (χ1n) is 7.15. The minimum Gasteiger partial charge on any atom is -0.339 e. The maximum absolute atomic E-state index is 14.4. The van der Waals surface area contributed by atoms with Crippen LogP contribution in [0.15, 0.2) is 41.4 Å². The van der Waals surface area contributed by atoms with Crippen LogP contribution in [-0.4, -0.2) is 17.8 Å². The topological polar surface area (TPSA) is 28.9 Å². The van der Waals surface area contributed by atoms with Crippen molar-refractivity contribution in [3.8, 4) is 11.1 Å². The molecule has 0 saturated carbocycles. The summed E-state index contributed by atoms with van der Waals surface area (Å²) in [7, 11) is 1.62. The Morgan fingerprint density at radius 1 is 1.23 bits per heavy atom. The van der Waals surface area contributed by atoms with E-state index < -0.39 is 0 Å². The minimum atomic E-state index is -0.211. The molecule has 0 atom stereocenters. The molecule has 2 heterocycles. The first-order valence-corrected chi connectivity index (χ1v) is 8.14. The van der Waals surface area contributed by atoms with Crippen LogP contribution < -0.4 is 9.57 Å². The molecule has 0 radical (unpaired) electrons. The molecule has 0 saturated heterocycles. The Balaban J connectivity index is 2.27. The minimum absolute atomic E-state index is 0.211. The molecule has 0 fully saturated rings. The summed E-state index contributed by atoms with van der Waals surface area (Å²) in [6.45, 7) is 4.03. The quantitative estimate of drug-likeness (QED) is 0.586. The van der Waals surface area contributed by atoms with Crippen molar-refractivity contribution in [1.29, 1.82) is 0 Å². The normalized spacial score (nSPS) is 11.1. The van der Waals surface area contributed by atoms with E-state index in [1.807, 2.05) is 37.4 Å². The van der Waals surface area contributed by atoms with Gasteiger partial charge in [-0.3, -0.25) is 0 Å². The molecule has 0 bridgehead atoms. The Bertz CT molecular complexity index is 829. The number of aryl methyl sites for hydroxylation is 1. The Morgan fingerprint density at radius 3 is 2.77 bits per heavy atom. The van der Waals surface area contributed by atoms with Crippen molar-refractivity contribution in [2.45, 2.75) is 18.7 Å². The summed E-state index contributed by atoms with van der Waals surface area (Å²) in [6.07, 6.45) is 1.84. The third kappa shape index (κ3) is 2.46. The molecule has 0 spiro atoms. The number of aromatic amines is 1. The van der Waals surface area contributed by atoms with Crippen LogP contribution in [0.4, 0.5) is 4.39 Å². The second-order valence-corrected chi connectivity index (χ2v) is 6.33. The molecule has 114 valence electrons. The summed E-state index contributed by atoms with van der Waals surface area (Å²) < 4.78 is 16.1. The van der Waals surface area contributed by atoms with E-state index in [-0.39, 0.29) is 5.82 Å². The number of thioether (sulfide) groups is 1. The highest BCUT2D eigenvalue weighted by molar-refractivity contribution is 7.99. The molecule has 5 heteroatoms. The number of fused-ring (bicyclic) bond motifs is 1. The molecule has 0 aliphatic carbocycles. The van der Waals surface area contributed by atoms with E-state index in [4.69, 9.17) is 4.84 Å². The van der Waals surface area contributed by atoms with E-state index in [0.717, 1.165) is 32.9 Å². The van der Waals surface area contributed by atoms with Crippen molar-refractivity contribution in [3.63, 3.8) is 0 Å². The van der Waals surface area contributed by atoms with Crippen LogP contribution in [0.1, 0.15) is 12.6 Å². The third-order valence-corrected chi connectivity index (χ3v) is 4.49. The van der Waals surface area contributed by atoms with Gasteiger partial charge in [0.05, 0.1) is 11.6 Å². The van der Waals surface area contributed by atoms with Crippen molar-refractivity contribution in [1.82, 2.24) is 4.98 Å². The lowest BCUT2D eigenvalue weighted by molar-refractivity contribution is -0.870. The van der Waals surface area contributed by atoms with Crippen molar-refractivity contribution in [2.24, 2.45) is 0 Å². The number of hydrogen-bond donors (Lipinski definition) is 1. The van der Waals surface area contributed by atoms with Gasteiger partial charge in [-0.1, -0.05) is 6.92 Å². The van der Waals surface area contributed by atoms with Crippen LogP contribution in [0.2, 0.25) is 0 Å². The first kappa shape index (κ1) is 14.9. The number of pyridine rings is 1. The van der Waals surface area contributed by atoms with E-state index >= 15 is 0 Å². The number of aromatic nitrogens is 2. The average molecular weight is 317 g/mol. The Morgan fingerprint density at radius 2 is 2.05 bits per heavy atom. The standard InChI is InChI=1S/C17H17FN2OS/c1-4-22-12-5-6-16(18)15(10-12)14-9-11(2)20(21-3)17-13(14)7-8-19-17/h5-10H,4H2,1-3H3/p+1. The van der Waals surface area contributed by atoms with E-state index in [9.17, 15) is 4.39 Å². The molecule has 1 aromatic carbocycles. The Hall–Kier alpha value is -2.01. The number of hydrogen-bond acceptors (Lipinski definition) is 2. The molecule has 0 aliphatic rings. The zero-order chi connectivity index (χ0) is 15.7. The third-order valence-electron chi connectivity index (χ3n) is 3.61. The predicted molar refractivity (Wildman–Crippen MR) is 87.5 cm³/mol. The van der Waals surface area contributed by atoms with Gasteiger partial charge in [0, 0.05) is 22.9 Å². The maximum atomic E-state index is 14.4. The van der Waals surface area contributed by atoms with Crippen molar-refractivity contribution in [2.75, 3.05) is 12.9 Å². The molecule has 3 nitrogen and oxygen atoms in total. The van der Waals surface area contributed by atoms with E-state index in [0.29, 0.717) is 5.56 Å². The van der Waals surface area contributed by atoms with Gasteiger partial charge in [-0.05, 0) is 40.8 Å². The summed E-state index contributed by atoms with van der Waals surface area (Å²) in [5.74, 6) is 0.750. The summed E-state index contributed by atoms with van der Waals surface area (Å²) in [5.41, 5.74) is 3.22. The fraction of sp³-hybridized carbons (Fsp3) is 0.235. The van der Waals surface area contributed by atoms with Gasteiger partial charge in [0.1, 0.15) is 18.6 Å². The number of rotatable bonds is 4. The smallest absolute Gasteiger partial charge is 0.326 e. The molecule has 1 N–H and O–H groups in total. The Labute approximate surface area is 133 Å². The summed E-state index contributed by atoms with van der Waals surface area (Å²) in [4.78, 5) is 9.62. The van der Waals surface area contributed by atoms with Crippen molar-refractivity contribution < 1.29 is 14.0 Å².